The lowest BCUT2D eigenvalue weighted by atomic mass is 9.84. The number of hydrogen-bond donors (Lipinski definition) is 2. The maximum Gasteiger partial charge on any atom is 0.325 e. The van der Waals surface area contributed by atoms with Gasteiger partial charge in [-0.1, -0.05) is 33.3 Å². The highest BCUT2D eigenvalue weighted by atomic mass is 19.1. The van der Waals surface area contributed by atoms with E-state index in [0.717, 1.165) is 69.5 Å². The van der Waals surface area contributed by atoms with Crippen LogP contribution in [0.4, 0.5) is 10.2 Å². The molecular formula is C32H47FN4O3. The molecule has 7 nitrogen and oxygen atoms in total. The van der Waals surface area contributed by atoms with E-state index in [1.54, 1.807) is 0 Å². The molecule has 4 rings (SSSR count). The number of ether oxygens (including phenoxy) is 1. The topological polar surface area (TPSA) is 77.9 Å². The maximum atomic E-state index is 15.0. The van der Waals surface area contributed by atoms with Crippen molar-refractivity contribution in [3.8, 4) is 5.75 Å². The van der Waals surface area contributed by atoms with Crippen LogP contribution in [0.1, 0.15) is 81.3 Å². The molecule has 2 atom stereocenters. The van der Waals surface area contributed by atoms with Crippen LogP contribution in [-0.4, -0.2) is 72.7 Å². The van der Waals surface area contributed by atoms with Gasteiger partial charge in [0.2, 0.25) is 0 Å². The van der Waals surface area contributed by atoms with Gasteiger partial charge in [-0.15, -0.1) is 0 Å². The molecule has 0 saturated carbocycles. The van der Waals surface area contributed by atoms with Crippen LogP contribution in [0.3, 0.4) is 0 Å². The van der Waals surface area contributed by atoms with E-state index in [4.69, 9.17) is 9.72 Å². The number of likely N-dealkylation sites (tertiary alicyclic amines) is 1. The molecule has 0 amide bonds. The Morgan fingerprint density at radius 1 is 1.27 bits per heavy atom. The zero-order valence-electron chi connectivity index (χ0n) is 24.9. The van der Waals surface area contributed by atoms with Crippen LogP contribution >= 0.6 is 0 Å². The molecule has 1 aromatic carbocycles. The van der Waals surface area contributed by atoms with Gasteiger partial charge in [0.05, 0.1) is 7.11 Å². The minimum Gasteiger partial charge on any atom is -0.493 e. The summed E-state index contributed by atoms with van der Waals surface area (Å²) in [5.41, 5.74) is 3.36. The van der Waals surface area contributed by atoms with Crippen molar-refractivity contribution in [3.05, 3.63) is 52.5 Å². The van der Waals surface area contributed by atoms with Crippen molar-refractivity contribution in [2.24, 2.45) is 5.92 Å². The maximum absolute atomic E-state index is 15.0. The zero-order valence-corrected chi connectivity index (χ0v) is 24.9. The summed E-state index contributed by atoms with van der Waals surface area (Å²) in [5, 5.41) is 13.6. The summed E-state index contributed by atoms with van der Waals surface area (Å²) in [5.74, 6) is 0.000839. The molecule has 2 aliphatic heterocycles. The van der Waals surface area contributed by atoms with Crippen LogP contribution in [0, 0.1) is 11.7 Å². The van der Waals surface area contributed by atoms with E-state index < -0.39 is 17.8 Å². The minimum atomic E-state index is -0.970. The fourth-order valence-corrected chi connectivity index (χ4v) is 6.10. The van der Waals surface area contributed by atoms with Gasteiger partial charge < -0.3 is 20.1 Å². The second-order valence-electron chi connectivity index (χ2n) is 12.6. The summed E-state index contributed by atoms with van der Waals surface area (Å²) in [6.07, 6.45) is 7.65. The number of methoxy groups -OCH3 is 1. The first kappa shape index (κ1) is 30.3. The van der Waals surface area contributed by atoms with Crippen molar-refractivity contribution in [1.29, 1.82) is 0 Å². The Kier molecular flexibility index (Phi) is 10.1. The van der Waals surface area contributed by atoms with Crippen LogP contribution in [-0.2, 0) is 23.1 Å². The predicted molar refractivity (Wildman–Crippen MR) is 158 cm³/mol. The van der Waals surface area contributed by atoms with Gasteiger partial charge in [0, 0.05) is 30.9 Å². The van der Waals surface area contributed by atoms with Crippen LogP contribution < -0.4 is 10.1 Å². The van der Waals surface area contributed by atoms with E-state index >= 15 is 0 Å². The Balaban J connectivity index is 1.27. The first-order chi connectivity index (χ1) is 19.1. The molecule has 0 bridgehead atoms. The molecule has 3 heterocycles. The van der Waals surface area contributed by atoms with Gasteiger partial charge in [0.1, 0.15) is 11.9 Å². The molecule has 2 N–H and O–H groups in total. The number of unbranched alkanes of at least 4 members (excludes halogenated alkanes) is 2. The molecule has 1 aromatic heterocycles. The molecule has 1 saturated heterocycles. The highest BCUT2D eigenvalue weighted by Gasteiger charge is 2.37. The highest BCUT2D eigenvalue weighted by Crippen LogP contribution is 2.38. The van der Waals surface area contributed by atoms with Crippen molar-refractivity contribution in [3.63, 3.8) is 0 Å². The van der Waals surface area contributed by atoms with Crippen LogP contribution in [0.5, 0.6) is 5.75 Å². The van der Waals surface area contributed by atoms with E-state index in [1.807, 2.05) is 31.7 Å². The van der Waals surface area contributed by atoms with Crippen LogP contribution in [0.25, 0.3) is 0 Å². The van der Waals surface area contributed by atoms with Crippen molar-refractivity contribution in [2.75, 3.05) is 52.2 Å². The van der Waals surface area contributed by atoms with Gasteiger partial charge in [-0.05, 0) is 99.3 Å². The number of carboxylic acids is 1. The molecule has 0 radical (unpaired) electrons. The number of aliphatic carboxylic acids is 1. The Labute approximate surface area is 239 Å². The summed E-state index contributed by atoms with van der Waals surface area (Å²) < 4.78 is 20.4. The van der Waals surface area contributed by atoms with E-state index in [1.165, 1.54) is 30.9 Å². The van der Waals surface area contributed by atoms with Gasteiger partial charge in [0.15, 0.2) is 11.6 Å². The number of aromatic nitrogens is 1. The van der Waals surface area contributed by atoms with Crippen LogP contribution in [0.2, 0.25) is 0 Å². The van der Waals surface area contributed by atoms with Crippen molar-refractivity contribution in [1.82, 2.24) is 14.8 Å². The van der Waals surface area contributed by atoms with E-state index in [0.29, 0.717) is 24.6 Å². The number of nitrogens with zero attached hydrogens (tertiary/aromatic N) is 3. The number of anilines is 1. The number of carboxylic acid groups (broad SMARTS) is 1. The third-order valence-corrected chi connectivity index (χ3v) is 8.35. The van der Waals surface area contributed by atoms with E-state index in [2.05, 4.69) is 29.4 Å². The zero-order chi connectivity index (χ0) is 28.9. The molecule has 0 aliphatic carbocycles. The number of rotatable bonds is 12. The van der Waals surface area contributed by atoms with Crippen molar-refractivity contribution < 1.29 is 19.0 Å². The second-order valence-corrected chi connectivity index (χ2v) is 12.6. The number of hydrogen-bond acceptors (Lipinski definition) is 6. The molecule has 2 aromatic rings. The Bertz CT molecular complexity index is 1170. The van der Waals surface area contributed by atoms with Crippen LogP contribution in [0.15, 0.2) is 24.3 Å². The number of carbonyl (C=O) groups is 1. The van der Waals surface area contributed by atoms with E-state index in [9.17, 15) is 14.3 Å². The molecule has 40 heavy (non-hydrogen) atoms. The summed E-state index contributed by atoms with van der Waals surface area (Å²) in [4.78, 5) is 21.6. The standard InChI is InChI=1S/C32H47FN4O3/c1-32(2,3)24-18-26(29(40-5)27(33)19-24)28(31(38)39)37-17-14-22(21-37)20-36(4)16-8-6-7-11-25-13-12-23-10-9-15-34-30(23)35-25/h12-13,18-19,22,28H,6-11,14-17,20-21H2,1-5H3,(H,34,35)(H,38,39)/t22-,28?/m0/s1. The number of aryl methyl sites for hydroxylation is 2. The first-order valence-electron chi connectivity index (χ1n) is 14.8. The van der Waals surface area contributed by atoms with Gasteiger partial charge in [-0.25, -0.2) is 9.37 Å². The molecule has 0 spiro atoms. The average Bonchev–Trinajstić information content (AvgIpc) is 3.35. The summed E-state index contributed by atoms with van der Waals surface area (Å²) in [7, 11) is 3.55. The van der Waals surface area contributed by atoms with Gasteiger partial charge in [-0.3, -0.25) is 9.69 Å². The quantitative estimate of drug-likeness (QED) is 0.327. The largest absolute Gasteiger partial charge is 0.493 e. The fourth-order valence-electron chi connectivity index (χ4n) is 6.10. The molecule has 2 aliphatic rings. The summed E-state index contributed by atoms with van der Waals surface area (Å²) in [6.45, 7) is 10.3. The molecule has 1 fully saturated rings. The summed E-state index contributed by atoms with van der Waals surface area (Å²) >= 11 is 0. The van der Waals surface area contributed by atoms with Gasteiger partial charge >= 0.3 is 5.97 Å². The number of nitrogens with one attached hydrogen (secondary N) is 1. The van der Waals surface area contributed by atoms with Crippen molar-refractivity contribution >= 4 is 11.8 Å². The number of benzene rings is 1. The smallest absolute Gasteiger partial charge is 0.325 e. The van der Waals surface area contributed by atoms with E-state index in [-0.39, 0.29) is 11.2 Å². The molecule has 8 heteroatoms. The molecule has 220 valence electrons. The lowest BCUT2D eigenvalue weighted by Crippen LogP contribution is -2.35. The predicted octanol–water partition coefficient (Wildman–Crippen LogP) is 5.68. The third-order valence-electron chi connectivity index (χ3n) is 8.35. The van der Waals surface area contributed by atoms with Gasteiger partial charge in [-0.2, -0.15) is 0 Å². The van der Waals surface area contributed by atoms with Gasteiger partial charge in [0.25, 0.3) is 0 Å². The number of fused-ring (bicyclic) bond motifs is 1. The lowest BCUT2D eigenvalue weighted by Gasteiger charge is -2.29. The lowest BCUT2D eigenvalue weighted by molar-refractivity contribution is -0.143. The average molecular weight is 555 g/mol. The Hall–Kier alpha value is -2.71. The molecular weight excluding hydrogens is 507 g/mol. The third kappa shape index (κ3) is 7.52. The second kappa shape index (κ2) is 13.3. The normalized spacial score (nSPS) is 18.4. The first-order valence-corrected chi connectivity index (χ1v) is 14.8. The number of halogens is 1. The molecule has 1 unspecified atom stereocenters. The minimum absolute atomic E-state index is 0.0304. The summed E-state index contributed by atoms with van der Waals surface area (Å²) in [6, 6.07) is 6.75. The highest BCUT2D eigenvalue weighted by molar-refractivity contribution is 5.77. The monoisotopic (exact) mass is 554 g/mol. The Morgan fingerprint density at radius 2 is 2.08 bits per heavy atom. The Morgan fingerprint density at radius 3 is 2.80 bits per heavy atom. The van der Waals surface area contributed by atoms with Crippen molar-refractivity contribution in [2.45, 2.75) is 77.2 Å². The fraction of sp³-hybridized carbons (Fsp3) is 0.625. The number of pyridine rings is 1. The SMILES string of the molecule is COc1c(F)cc(C(C)(C)C)cc1C(C(=O)O)N1CC[C@@H](CN(C)CCCCCc2ccc3c(n2)NCCC3)C1.